The van der Waals surface area contributed by atoms with E-state index in [4.69, 9.17) is 14.2 Å². The summed E-state index contributed by atoms with van der Waals surface area (Å²) in [7, 11) is 0. The van der Waals surface area contributed by atoms with Gasteiger partial charge in [-0.05, 0) is 37.0 Å². The topological polar surface area (TPSA) is 78.9 Å². The monoisotopic (exact) mass is 1000 g/mol. The first-order chi connectivity index (χ1) is 34.6. The van der Waals surface area contributed by atoms with Gasteiger partial charge in [-0.1, -0.05) is 324 Å². The molecular weight excluding hydrogens is 877 g/mol. The fourth-order valence-corrected chi connectivity index (χ4v) is 10.0. The highest BCUT2D eigenvalue weighted by Crippen LogP contribution is 2.19. The third kappa shape index (κ3) is 57.5. The second kappa shape index (κ2) is 56.1. The summed E-state index contributed by atoms with van der Waals surface area (Å²) in [5, 5.41) is 0. The maximum atomic E-state index is 12.9. The van der Waals surface area contributed by atoms with Crippen LogP contribution in [-0.4, -0.2) is 37.2 Å². The van der Waals surface area contributed by atoms with Crippen LogP contribution in [0.4, 0.5) is 0 Å². The van der Waals surface area contributed by atoms with Crippen molar-refractivity contribution in [1.29, 1.82) is 0 Å². The highest BCUT2D eigenvalue weighted by Gasteiger charge is 2.19. The van der Waals surface area contributed by atoms with E-state index >= 15 is 0 Å². The Morgan fingerprint density at radius 2 is 0.493 bits per heavy atom. The molecule has 0 aromatic rings. The van der Waals surface area contributed by atoms with Crippen molar-refractivity contribution in [3.8, 4) is 0 Å². The molecule has 0 fully saturated rings. The van der Waals surface area contributed by atoms with E-state index in [0.29, 0.717) is 19.3 Å². The lowest BCUT2D eigenvalue weighted by Gasteiger charge is -2.18. The van der Waals surface area contributed by atoms with Crippen molar-refractivity contribution in [2.75, 3.05) is 13.2 Å². The number of ether oxygens (including phenoxy) is 3. The second-order valence-electron chi connectivity index (χ2n) is 23.6. The fraction of sp³-hybridized carbons (Fsp3) is 0.954. The highest BCUT2D eigenvalue weighted by atomic mass is 16.6. The van der Waals surface area contributed by atoms with Crippen LogP contribution in [0.15, 0.2) is 0 Å². The van der Waals surface area contributed by atoms with Gasteiger partial charge in [0.2, 0.25) is 0 Å². The predicted molar refractivity (Wildman–Crippen MR) is 307 cm³/mol. The molecule has 0 amide bonds. The Balaban J connectivity index is 4.23. The van der Waals surface area contributed by atoms with Gasteiger partial charge >= 0.3 is 17.9 Å². The Kier molecular flexibility index (Phi) is 54.9. The maximum absolute atomic E-state index is 12.9. The number of esters is 3. The summed E-state index contributed by atoms with van der Waals surface area (Å²) in [5.74, 6) is 1.73. The van der Waals surface area contributed by atoms with Crippen LogP contribution in [0.2, 0.25) is 0 Å². The van der Waals surface area contributed by atoms with Gasteiger partial charge in [0.15, 0.2) is 6.10 Å². The van der Waals surface area contributed by atoms with Crippen LogP contribution in [0.1, 0.15) is 363 Å². The largest absolute Gasteiger partial charge is 0.462 e. The molecule has 422 valence electrons. The van der Waals surface area contributed by atoms with Crippen molar-refractivity contribution >= 4 is 17.9 Å². The summed E-state index contributed by atoms with van der Waals surface area (Å²) in [5.41, 5.74) is 0. The van der Waals surface area contributed by atoms with Crippen molar-refractivity contribution in [1.82, 2.24) is 0 Å². The maximum Gasteiger partial charge on any atom is 0.306 e. The van der Waals surface area contributed by atoms with Gasteiger partial charge in [-0.15, -0.1) is 0 Å². The number of carbonyl (C=O) groups is 3. The van der Waals surface area contributed by atoms with Gasteiger partial charge in [-0.25, -0.2) is 0 Å². The summed E-state index contributed by atoms with van der Waals surface area (Å²) in [6.45, 7) is 13.8. The van der Waals surface area contributed by atoms with E-state index in [-0.39, 0.29) is 31.1 Å². The summed E-state index contributed by atoms with van der Waals surface area (Å²) in [6, 6.07) is 0. The van der Waals surface area contributed by atoms with Crippen molar-refractivity contribution in [3.05, 3.63) is 0 Å². The molecule has 0 rings (SSSR count). The first-order valence-electron chi connectivity index (χ1n) is 32.1. The molecule has 0 heterocycles. The average Bonchev–Trinajstić information content (AvgIpc) is 3.35. The van der Waals surface area contributed by atoms with Gasteiger partial charge < -0.3 is 14.2 Å². The summed E-state index contributed by atoms with van der Waals surface area (Å²) in [4.78, 5) is 38.3. The molecule has 0 aliphatic carbocycles. The molecule has 0 aromatic heterocycles. The Morgan fingerprint density at radius 3 is 0.732 bits per heavy atom. The lowest BCUT2D eigenvalue weighted by Crippen LogP contribution is -2.30. The molecule has 0 bridgehead atoms. The molecule has 6 heteroatoms. The smallest absolute Gasteiger partial charge is 0.306 e. The van der Waals surface area contributed by atoms with Crippen LogP contribution in [0.5, 0.6) is 0 Å². The van der Waals surface area contributed by atoms with Crippen LogP contribution >= 0.6 is 0 Å². The molecule has 0 saturated carbocycles. The first kappa shape index (κ1) is 69.4. The van der Waals surface area contributed by atoms with Crippen molar-refractivity contribution in [3.63, 3.8) is 0 Å². The van der Waals surface area contributed by atoms with E-state index in [1.807, 2.05) is 0 Å². The number of rotatable bonds is 58. The minimum absolute atomic E-state index is 0.0629. The minimum Gasteiger partial charge on any atom is -0.462 e. The molecule has 2 atom stereocenters. The van der Waals surface area contributed by atoms with Crippen LogP contribution in [0.3, 0.4) is 0 Å². The van der Waals surface area contributed by atoms with Crippen molar-refractivity contribution in [2.45, 2.75) is 369 Å². The number of hydrogen-bond acceptors (Lipinski definition) is 6. The molecule has 0 radical (unpaired) electrons. The van der Waals surface area contributed by atoms with E-state index in [2.05, 4.69) is 41.5 Å². The SMILES string of the molecule is CCC(C)CCCCCCCCCCCCCCCCCCCCC(=O)OC[C@H](COC(=O)CCCCCCCCCCCC(C)C)OC(=O)CCCCCCCCCCCCCCCCCCC(C)C. The van der Waals surface area contributed by atoms with Gasteiger partial charge in [0.05, 0.1) is 0 Å². The molecule has 0 spiro atoms. The minimum atomic E-state index is -0.764. The second-order valence-corrected chi connectivity index (χ2v) is 23.6. The highest BCUT2D eigenvalue weighted by molar-refractivity contribution is 5.71. The van der Waals surface area contributed by atoms with E-state index in [1.165, 1.54) is 244 Å². The summed E-state index contributed by atoms with van der Waals surface area (Å²) < 4.78 is 16.9. The molecule has 0 N–H and O–H groups in total. The molecular formula is C65H126O6. The quantitative estimate of drug-likeness (QED) is 0.0343. The van der Waals surface area contributed by atoms with Crippen LogP contribution in [0.25, 0.3) is 0 Å². The normalized spacial score (nSPS) is 12.5. The summed E-state index contributed by atoms with van der Waals surface area (Å²) in [6.07, 6.45) is 61.1. The summed E-state index contributed by atoms with van der Waals surface area (Å²) >= 11 is 0. The zero-order valence-corrected chi connectivity index (χ0v) is 49.0. The standard InChI is InChI=1S/C65H126O6/c1-7-61(6)53-47-41-35-29-23-19-15-10-8-9-11-16-20-24-30-36-42-48-54-63(66)69-57-62(58-70-64(67)55-49-43-37-32-26-28-34-40-46-52-60(4)5)71-65(68)56-50-44-38-31-25-21-17-13-12-14-18-22-27-33-39-45-51-59(2)3/h59-62H,7-58H2,1-6H3/t61?,62-/m1/s1. The predicted octanol–water partition coefficient (Wildman–Crippen LogP) is 21.5. The molecule has 0 aliphatic rings. The zero-order valence-electron chi connectivity index (χ0n) is 49.0. The zero-order chi connectivity index (χ0) is 51.9. The van der Waals surface area contributed by atoms with Crippen molar-refractivity contribution in [2.24, 2.45) is 17.8 Å². The van der Waals surface area contributed by atoms with Gasteiger partial charge in [0, 0.05) is 19.3 Å². The third-order valence-electron chi connectivity index (χ3n) is 15.3. The fourth-order valence-electron chi connectivity index (χ4n) is 10.0. The Labute approximate surface area is 444 Å². The van der Waals surface area contributed by atoms with E-state index < -0.39 is 6.10 Å². The number of unbranched alkanes of at least 4 members (excludes halogenated alkanes) is 40. The first-order valence-corrected chi connectivity index (χ1v) is 32.1. The lowest BCUT2D eigenvalue weighted by atomic mass is 9.99. The third-order valence-corrected chi connectivity index (χ3v) is 15.3. The molecule has 6 nitrogen and oxygen atoms in total. The number of hydrogen-bond donors (Lipinski definition) is 0. The molecule has 0 saturated heterocycles. The molecule has 0 aliphatic heterocycles. The lowest BCUT2D eigenvalue weighted by molar-refractivity contribution is -0.167. The van der Waals surface area contributed by atoms with Gasteiger partial charge in [0.1, 0.15) is 13.2 Å². The van der Waals surface area contributed by atoms with E-state index in [1.54, 1.807) is 0 Å². The molecule has 1 unspecified atom stereocenters. The van der Waals surface area contributed by atoms with E-state index in [0.717, 1.165) is 75.5 Å². The Bertz CT molecular complexity index is 1100. The number of carbonyl (C=O) groups excluding carboxylic acids is 3. The molecule has 0 aromatic carbocycles. The molecule has 71 heavy (non-hydrogen) atoms. The van der Waals surface area contributed by atoms with Gasteiger partial charge in [0.25, 0.3) is 0 Å². The van der Waals surface area contributed by atoms with Crippen LogP contribution in [0, 0.1) is 17.8 Å². The van der Waals surface area contributed by atoms with Crippen LogP contribution < -0.4 is 0 Å². The average molecular weight is 1000 g/mol. The van der Waals surface area contributed by atoms with E-state index in [9.17, 15) is 14.4 Å². The Hall–Kier alpha value is -1.59. The van der Waals surface area contributed by atoms with Crippen molar-refractivity contribution < 1.29 is 28.6 Å². The van der Waals surface area contributed by atoms with Crippen LogP contribution in [-0.2, 0) is 28.6 Å². The van der Waals surface area contributed by atoms with Gasteiger partial charge in [-0.3, -0.25) is 14.4 Å². The Morgan fingerprint density at radius 1 is 0.282 bits per heavy atom. The van der Waals surface area contributed by atoms with Gasteiger partial charge in [-0.2, -0.15) is 0 Å².